The van der Waals surface area contributed by atoms with Gasteiger partial charge in [0.15, 0.2) is 0 Å². The van der Waals surface area contributed by atoms with Crippen LogP contribution in [0.4, 0.5) is 0 Å². The van der Waals surface area contributed by atoms with Gasteiger partial charge in [0.1, 0.15) is 5.60 Å². The van der Waals surface area contributed by atoms with E-state index in [2.05, 4.69) is 18.3 Å². The van der Waals surface area contributed by atoms with Crippen LogP contribution in [-0.2, 0) is 19.1 Å². The van der Waals surface area contributed by atoms with Crippen molar-refractivity contribution in [1.82, 2.24) is 15.1 Å². The van der Waals surface area contributed by atoms with Crippen LogP contribution in [0.2, 0.25) is 0 Å². The molecule has 0 aromatic rings. The predicted octanol–water partition coefficient (Wildman–Crippen LogP) is 0.0831. The van der Waals surface area contributed by atoms with Crippen molar-refractivity contribution < 1.29 is 19.1 Å². The van der Waals surface area contributed by atoms with Crippen LogP contribution in [0, 0.1) is 11.8 Å². The minimum absolute atomic E-state index is 0.0204. The highest BCUT2D eigenvalue weighted by molar-refractivity contribution is 5.93. The molecule has 2 fully saturated rings. The van der Waals surface area contributed by atoms with Gasteiger partial charge in [-0.3, -0.25) is 14.4 Å². The van der Waals surface area contributed by atoms with Gasteiger partial charge in [0, 0.05) is 33.1 Å². The zero-order valence-corrected chi connectivity index (χ0v) is 15.2. The molecular formula is C19H25N3O4. The van der Waals surface area contributed by atoms with Crippen LogP contribution in [0.15, 0.2) is 23.8 Å². The van der Waals surface area contributed by atoms with Gasteiger partial charge >= 0.3 is 0 Å². The Morgan fingerprint density at radius 3 is 2.92 bits per heavy atom. The van der Waals surface area contributed by atoms with Gasteiger partial charge in [-0.15, -0.1) is 0 Å². The summed E-state index contributed by atoms with van der Waals surface area (Å²) < 4.78 is 6.13. The first-order chi connectivity index (χ1) is 12.4. The fourth-order valence-electron chi connectivity index (χ4n) is 4.60. The molecule has 0 radical (unpaired) electrons. The average molecular weight is 359 g/mol. The van der Waals surface area contributed by atoms with E-state index in [1.54, 1.807) is 4.90 Å². The van der Waals surface area contributed by atoms with Crippen molar-refractivity contribution in [2.24, 2.45) is 11.8 Å². The summed E-state index contributed by atoms with van der Waals surface area (Å²) in [6.45, 7) is 6.14. The lowest BCUT2D eigenvalue weighted by molar-refractivity contribution is -0.143. The van der Waals surface area contributed by atoms with Crippen molar-refractivity contribution >= 4 is 17.7 Å². The first-order valence-corrected chi connectivity index (χ1v) is 9.26. The second kappa shape index (κ2) is 6.23. The van der Waals surface area contributed by atoms with E-state index < -0.39 is 17.4 Å². The lowest BCUT2D eigenvalue weighted by Gasteiger charge is -2.31. The van der Waals surface area contributed by atoms with Crippen molar-refractivity contribution in [3.63, 3.8) is 0 Å². The molecule has 140 valence electrons. The molecule has 0 aromatic carbocycles. The van der Waals surface area contributed by atoms with E-state index in [-0.39, 0.29) is 23.8 Å². The molecule has 1 N–H and O–H groups in total. The normalized spacial score (nSPS) is 34.9. The Balaban J connectivity index is 1.50. The maximum atomic E-state index is 13.1. The Hall–Kier alpha value is -2.15. The van der Waals surface area contributed by atoms with E-state index in [4.69, 9.17) is 4.74 Å². The maximum Gasteiger partial charge on any atom is 0.230 e. The second-order valence-corrected chi connectivity index (χ2v) is 7.73. The third kappa shape index (κ3) is 2.65. The number of nitrogens with zero attached hydrogens (tertiary/aromatic N) is 2. The Labute approximate surface area is 153 Å². The molecule has 4 aliphatic rings. The predicted molar refractivity (Wildman–Crippen MR) is 93.9 cm³/mol. The molecule has 2 bridgehead atoms. The van der Waals surface area contributed by atoms with Gasteiger partial charge < -0.3 is 19.9 Å². The van der Waals surface area contributed by atoms with Gasteiger partial charge in [-0.25, -0.2) is 0 Å². The molecular weight excluding hydrogens is 334 g/mol. The average Bonchev–Trinajstić information content (AvgIpc) is 3.23. The number of ether oxygens (including phenoxy) is 1. The molecule has 3 amide bonds. The van der Waals surface area contributed by atoms with Gasteiger partial charge in [-0.05, 0) is 13.3 Å². The molecule has 0 aliphatic carbocycles. The van der Waals surface area contributed by atoms with Crippen molar-refractivity contribution in [3.8, 4) is 0 Å². The zero-order valence-electron chi connectivity index (χ0n) is 15.2. The summed E-state index contributed by atoms with van der Waals surface area (Å²) in [5, 5.41) is 2.72. The molecule has 4 atom stereocenters. The first kappa shape index (κ1) is 17.3. The molecule has 7 heteroatoms. The lowest BCUT2D eigenvalue weighted by Crippen LogP contribution is -2.47. The largest absolute Gasteiger partial charge is 0.360 e. The molecule has 26 heavy (non-hydrogen) atoms. The molecule has 0 saturated carbocycles. The number of hydrogen-bond acceptors (Lipinski definition) is 4. The highest BCUT2D eigenvalue weighted by Gasteiger charge is 2.67. The highest BCUT2D eigenvalue weighted by atomic mass is 16.5. The lowest BCUT2D eigenvalue weighted by atomic mass is 9.76. The molecule has 2 saturated heterocycles. The van der Waals surface area contributed by atoms with E-state index in [1.165, 1.54) is 12.5 Å². The van der Waals surface area contributed by atoms with E-state index in [1.807, 2.05) is 17.1 Å². The number of carbonyl (C=O) groups excluding carboxylic acids is 3. The summed E-state index contributed by atoms with van der Waals surface area (Å²) in [7, 11) is 0. The molecule has 4 aliphatic heterocycles. The van der Waals surface area contributed by atoms with Gasteiger partial charge in [-0.1, -0.05) is 23.8 Å². The molecule has 0 unspecified atom stereocenters. The fraction of sp³-hybridized carbons (Fsp3) is 0.632. The molecule has 7 nitrogen and oxygen atoms in total. The second-order valence-electron chi connectivity index (χ2n) is 7.73. The first-order valence-electron chi connectivity index (χ1n) is 9.26. The summed E-state index contributed by atoms with van der Waals surface area (Å²) >= 11 is 0. The zero-order chi connectivity index (χ0) is 18.5. The summed E-state index contributed by atoms with van der Waals surface area (Å²) in [4.78, 5) is 40.8. The van der Waals surface area contributed by atoms with Crippen LogP contribution in [0.5, 0.6) is 0 Å². The SMILES string of the molecule is CC(=O)NCCN1C[C@]23C=C[C@H](O2)[C@H](C(=O)N2CC=C(C)CC2)[C@H]3C1=O. The highest BCUT2D eigenvalue weighted by Crippen LogP contribution is 2.52. The van der Waals surface area contributed by atoms with Crippen molar-refractivity contribution in [2.45, 2.75) is 32.0 Å². The Morgan fingerprint density at radius 1 is 1.42 bits per heavy atom. The minimum atomic E-state index is -0.681. The van der Waals surface area contributed by atoms with Crippen molar-refractivity contribution in [3.05, 3.63) is 23.8 Å². The summed E-state index contributed by atoms with van der Waals surface area (Å²) in [6, 6.07) is 0. The van der Waals surface area contributed by atoms with Gasteiger partial charge in [-0.2, -0.15) is 0 Å². The Morgan fingerprint density at radius 2 is 2.23 bits per heavy atom. The van der Waals surface area contributed by atoms with Gasteiger partial charge in [0.05, 0.1) is 24.5 Å². The third-order valence-corrected chi connectivity index (χ3v) is 5.97. The number of carbonyl (C=O) groups is 3. The summed E-state index contributed by atoms with van der Waals surface area (Å²) in [6.07, 6.45) is 6.56. The van der Waals surface area contributed by atoms with Crippen LogP contribution in [0.25, 0.3) is 0 Å². The topological polar surface area (TPSA) is 79.0 Å². The van der Waals surface area contributed by atoms with E-state index in [0.717, 1.165) is 6.42 Å². The van der Waals surface area contributed by atoms with E-state index in [9.17, 15) is 14.4 Å². The van der Waals surface area contributed by atoms with Crippen LogP contribution >= 0.6 is 0 Å². The van der Waals surface area contributed by atoms with E-state index >= 15 is 0 Å². The number of nitrogens with one attached hydrogen (secondary N) is 1. The number of hydrogen-bond donors (Lipinski definition) is 1. The van der Waals surface area contributed by atoms with Gasteiger partial charge in [0.25, 0.3) is 0 Å². The molecule has 0 aromatic heterocycles. The number of amides is 3. The molecule has 4 heterocycles. The quantitative estimate of drug-likeness (QED) is 0.721. The third-order valence-electron chi connectivity index (χ3n) is 5.97. The minimum Gasteiger partial charge on any atom is -0.360 e. The Kier molecular flexibility index (Phi) is 4.14. The fourth-order valence-corrected chi connectivity index (χ4v) is 4.60. The van der Waals surface area contributed by atoms with Crippen molar-refractivity contribution in [1.29, 1.82) is 0 Å². The van der Waals surface area contributed by atoms with Crippen molar-refractivity contribution in [2.75, 3.05) is 32.7 Å². The number of rotatable bonds is 4. The maximum absolute atomic E-state index is 13.1. The number of fused-ring (bicyclic) bond motifs is 1. The monoisotopic (exact) mass is 359 g/mol. The van der Waals surface area contributed by atoms with Gasteiger partial charge in [0.2, 0.25) is 17.7 Å². The molecule has 4 rings (SSSR count). The van der Waals surface area contributed by atoms with Crippen LogP contribution in [0.1, 0.15) is 20.3 Å². The van der Waals surface area contributed by atoms with Crippen LogP contribution < -0.4 is 5.32 Å². The summed E-state index contributed by atoms with van der Waals surface area (Å²) in [5.74, 6) is -1.02. The van der Waals surface area contributed by atoms with E-state index in [0.29, 0.717) is 32.7 Å². The molecule has 1 spiro atoms. The van der Waals surface area contributed by atoms with Crippen LogP contribution in [-0.4, -0.2) is 72.0 Å². The smallest absolute Gasteiger partial charge is 0.230 e. The Bertz CT molecular complexity index is 716. The van der Waals surface area contributed by atoms with Crippen LogP contribution in [0.3, 0.4) is 0 Å². The number of likely N-dealkylation sites (tertiary alicyclic amines) is 1. The summed E-state index contributed by atoms with van der Waals surface area (Å²) in [5.41, 5.74) is 0.621. The standard InChI is InChI=1S/C19H25N3O4/c1-12-4-8-21(9-5-12)17(24)15-14-3-6-19(26-14)11-22(18(25)16(15)19)10-7-20-13(2)23/h3-4,6,14-16H,5,7-11H2,1-2H3,(H,20,23)/t14-,15-,16-,19-/m0/s1.